The van der Waals surface area contributed by atoms with Crippen LogP contribution in [0, 0.1) is 10.8 Å². The van der Waals surface area contributed by atoms with Crippen LogP contribution in [0.3, 0.4) is 0 Å². The van der Waals surface area contributed by atoms with E-state index >= 15 is 0 Å². The SMILES string of the molecule is CC(CO)(CO)CO[P+](=O)OCC(C)(CO)CO. The molecule has 0 heterocycles. The molecule has 0 aliphatic carbocycles. The van der Waals surface area contributed by atoms with Crippen molar-refractivity contribution in [3.63, 3.8) is 0 Å². The number of aliphatic hydroxyl groups is 4. The Morgan fingerprint density at radius 2 is 1.11 bits per heavy atom. The molecule has 108 valence electrons. The van der Waals surface area contributed by atoms with E-state index in [2.05, 4.69) is 0 Å². The van der Waals surface area contributed by atoms with Gasteiger partial charge in [0.05, 0.1) is 26.4 Å². The molecule has 0 radical (unpaired) electrons. The summed E-state index contributed by atoms with van der Waals surface area (Å²) in [6, 6.07) is 0. The summed E-state index contributed by atoms with van der Waals surface area (Å²) >= 11 is 0. The summed E-state index contributed by atoms with van der Waals surface area (Å²) in [4.78, 5) is 0. The second-order valence-corrected chi connectivity index (χ2v) is 5.99. The molecule has 7 nitrogen and oxygen atoms in total. The first-order valence-electron chi connectivity index (χ1n) is 5.51. The lowest BCUT2D eigenvalue weighted by Gasteiger charge is -2.21. The van der Waals surface area contributed by atoms with E-state index in [1.165, 1.54) is 0 Å². The number of hydrogen-bond donors (Lipinski definition) is 4. The molecule has 0 unspecified atom stereocenters. The number of aliphatic hydroxyl groups excluding tert-OH is 4. The Bertz CT molecular complexity index is 227. The maximum Gasteiger partial charge on any atom is 0.697 e. The van der Waals surface area contributed by atoms with Gasteiger partial charge in [-0.1, -0.05) is 13.8 Å². The lowest BCUT2D eigenvalue weighted by atomic mass is 9.95. The van der Waals surface area contributed by atoms with Gasteiger partial charge in [-0.05, 0) is 0 Å². The van der Waals surface area contributed by atoms with Crippen LogP contribution in [-0.2, 0) is 13.6 Å². The highest BCUT2D eigenvalue weighted by Gasteiger charge is 2.34. The van der Waals surface area contributed by atoms with Gasteiger partial charge in [0.1, 0.15) is 13.2 Å². The standard InChI is InChI=1S/C10H22O7P/c1-9(3-11,4-12)7-16-18(15)17-8-10(2,5-13)6-14/h11-14H,3-8H2,1-2H3/q+1. The van der Waals surface area contributed by atoms with E-state index in [-0.39, 0.29) is 39.6 Å². The van der Waals surface area contributed by atoms with Crippen molar-refractivity contribution in [3.05, 3.63) is 0 Å². The Morgan fingerprint density at radius 3 is 1.33 bits per heavy atom. The van der Waals surface area contributed by atoms with Crippen LogP contribution in [0.2, 0.25) is 0 Å². The van der Waals surface area contributed by atoms with E-state index < -0.39 is 19.1 Å². The van der Waals surface area contributed by atoms with E-state index in [1.807, 2.05) is 0 Å². The van der Waals surface area contributed by atoms with E-state index in [0.29, 0.717) is 0 Å². The molecule has 0 aromatic heterocycles. The Kier molecular flexibility index (Phi) is 8.05. The third-order valence-corrected chi connectivity index (χ3v) is 3.24. The third kappa shape index (κ3) is 6.15. The second kappa shape index (κ2) is 8.12. The summed E-state index contributed by atoms with van der Waals surface area (Å²) < 4.78 is 21.1. The van der Waals surface area contributed by atoms with Crippen LogP contribution in [0.25, 0.3) is 0 Å². The smallest absolute Gasteiger partial charge is 0.396 e. The van der Waals surface area contributed by atoms with Gasteiger partial charge in [-0.3, -0.25) is 0 Å². The quantitative estimate of drug-likeness (QED) is 0.406. The molecule has 8 heteroatoms. The van der Waals surface area contributed by atoms with Crippen molar-refractivity contribution in [3.8, 4) is 0 Å². The molecular formula is C10H22O7P+. The lowest BCUT2D eigenvalue weighted by molar-refractivity contribution is 0.00984. The summed E-state index contributed by atoms with van der Waals surface area (Å²) in [6.07, 6.45) is 0. The minimum absolute atomic E-state index is 0.121. The zero-order valence-electron chi connectivity index (χ0n) is 10.7. The van der Waals surface area contributed by atoms with Crippen molar-refractivity contribution in [1.29, 1.82) is 0 Å². The highest BCUT2D eigenvalue weighted by molar-refractivity contribution is 7.33. The van der Waals surface area contributed by atoms with Crippen LogP contribution in [-0.4, -0.2) is 60.1 Å². The molecule has 0 saturated carbocycles. The summed E-state index contributed by atoms with van der Waals surface area (Å²) in [6.45, 7) is 1.67. The molecule has 0 bridgehead atoms. The lowest BCUT2D eigenvalue weighted by Crippen LogP contribution is -2.32. The first-order chi connectivity index (χ1) is 8.34. The first kappa shape index (κ1) is 17.9. The topological polar surface area (TPSA) is 116 Å². The molecule has 4 N–H and O–H groups in total. The molecule has 0 rings (SSSR count). The van der Waals surface area contributed by atoms with Crippen molar-refractivity contribution in [2.75, 3.05) is 39.6 Å². The molecule has 0 spiro atoms. The van der Waals surface area contributed by atoms with Crippen LogP contribution in [0.15, 0.2) is 0 Å². The predicted molar refractivity (Wildman–Crippen MR) is 64.1 cm³/mol. The number of rotatable bonds is 10. The van der Waals surface area contributed by atoms with Crippen LogP contribution in [0.4, 0.5) is 0 Å². The van der Waals surface area contributed by atoms with Gasteiger partial charge in [-0.15, -0.1) is 9.05 Å². The molecule has 0 amide bonds. The van der Waals surface area contributed by atoms with Gasteiger partial charge in [0.15, 0.2) is 0 Å². The van der Waals surface area contributed by atoms with Crippen molar-refractivity contribution in [1.82, 2.24) is 0 Å². The van der Waals surface area contributed by atoms with E-state index in [9.17, 15) is 4.57 Å². The minimum atomic E-state index is -2.43. The van der Waals surface area contributed by atoms with Gasteiger partial charge in [0, 0.05) is 15.4 Å². The number of hydrogen-bond acceptors (Lipinski definition) is 7. The third-order valence-electron chi connectivity index (χ3n) is 2.56. The van der Waals surface area contributed by atoms with E-state index in [4.69, 9.17) is 29.5 Å². The van der Waals surface area contributed by atoms with Gasteiger partial charge in [-0.2, -0.15) is 0 Å². The van der Waals surface area contributed by atoms with Crippen LogP contribution in [0.5, 0.6) is 0 Å². The average molecular weight is 285 g/mol. The maximum absolute atomic E-state index is 11.4. The molecule has 0 saturated heterocycles. The van der Waals surface area contributed by atoms with E-state index in [1.54, 1.807) is 13.8 Å². The van der Waals surface area contributed by atoms with Gasteiger partial charge >= 0.3 is 8.25 Å². The monoisotopic (exact) mass is 285 g/mol. The zero-order chi connectivity index (χ0) is 14.2. The Morgan fingerprint density at radius 1 is 0.833 bits per heavy atom. The molecule has 0 fully saturated rings. The summed E-state index contributed by atoms with van der Waals surface area (Å²) in [5, 5.41) is 36.0. The van der Waals surface area contributed by atoms with Gasteiger partial charge in [-0.25, -0.2) is 0 Å². The fourth-order valence-corrected chi connectivity index (χ4v) is 1.65. The van der Waals surface area contributed by atoms with Gasteiger partial charge in [0.2, 0.25) is 0 Å². The van der Waals surface area contributed by atoms with Gasteiger partial charge in [0.25, 0.3) is 0 Å². The molecule has 0 aromatic rings. The predicted octanol–water partition coefficient (Wildman–Crippen LogP) is -0.341. The fraction of sp³-hybridized carbons (Fsp3) is 1.00. The van der Waals surface area contributed by atoms with Crippen LogP contribution in [0.1, 0.15) is 13.8 Å². The first-order valence-corrected chi connectivity index (χ1v) is 6.61. The summed E-state index contributed by atoms with van der Waals surface area (Å²) in [7, 11) is -2.43. The average Bonchev–Trinajstić information content (AvgIpc) is 2.42. The Labute approximate surface area is 107 Å². The maximum atomic E-state index is 11.4. The summed E-state index contributed by atoms with van der Waals surface area (Å²) in [5.41, 5.74) is -1.77. The second-order valence-electron chi connectivity index (χ2n) is 5.02. The van der Waals surface area contributed by atoms with Crippen molar-refractivity contribution >= 4 is 8.25 Å². The minimum Gasteiger partial charge on any atom is -0.396 e. The molecule has 0 aliphatic rings. The van der Waals surface area contributed by atoms with Crippen molar-refractivity contribution in [2.45, 2.75) is 13.8 Å². The molecule has 0 atom stereocenters. The highest BCUT2D eigenvalue weighted by atomic mass is 31.1. The summed E-state index contributed by atoms with van der Waals surface area (Å²) in [5.74, 6) is 0. The van der Waals surface area contributed by atoms with Gasteiger partial charge < -0.3 is 20.4 Å². The largest absolute Gasteiger partial charge is 0.697 e. The Hall–Kier alpha value is -0.140. The van der Waals surface area contributed by atoms with Crippen molar-refractivity contribution < 1.29 is 34.0 Å². The molecule has 0 aliphatic heterocycles. The zero-order valence-corrected chi connectivity index (χ0v) is 11.6. The fourth-order valence-electron chi connectivity index (χ4n) is 0.737. The van der Waals surface area contributed by atoms with Crippen LogP contribution >= 0.6 is 8.25 Å². The van der Waals surface area contributed by atoms with E-state index in [0.717, 1.165) is 0 Å². The Balaban J connectivity index is 4.06. The molecule has 0 aromatic carbocycles. The molecule has 18 heavy (non-hydrogen) atoms. The highest BCUT2D eigenvalue weighted by Crippen LogP contribution is 2.30. The van der Waals surface area contributed by atoms with Crippen LogP contribution < -0.4 is 0 Å². The normalized spacial score (nSPS) is 12.8. The molecular weight excluding hydrogens is 263 g/mol. The van der Waals surface area contributed by atoms with Crippen molar-refractivity contribution in [2.24, 2.45) is 10.8 Å².